The fourth-order valence-electron chi connectivity index (χ4n) is 3.31. The zero-order valence-electron chi connectivity index (χ0n) is 10.9. The Bertz CT molecular complexity index is 229. The van der Waals surface area contributed by atoms with Crippen LogP contribution in [0, 0.1) is 0 Å². The van der Waals surface area contributed by atoms with Gasteiger partial charge in [-0.2, -0.15) is 0 Å². The Balaban J connectivity index is 1.88. The molecule has 2 N–H and O–H groups in total. The molecular weight excluding hydrogens is 198 g/mol. The standard InChI is InChI=1S/C14H27NO/c1-13(2)10-7-12(16-13)11-14(15)8-5-3-4-6-9-14/h12H,3-11,15H2,1-2H3. The minimum Gasteiger partial charge on any atom is -0.372 e. The van der Waals surface area contributed by atoms with Crippen LogP contribution in [0.1, 0.15) is 71.6 Å². The van der Waals surface area contributed by atoms with E-state index in [1.807, 2.05) is 0 Å². The van der Waals surface area contributed by atoms with Gasteiger partial charge in [-0.3, -0.25) is 0 Å². The lowest BCUT2D eigenvalue weighted by molar-refractivity contribution is -0.0279. The summed E-state index contributed by atoms with van der Waals surface area (Å²) >= 11 is 0. The first-order valence-corrected chi connectivity index (χ1v) is 6.96. The number of rotatable bonds is 2. The molecule has 2 aliphatic rings. The van der Waals surface area contributed by atoms with E-state index in [1.54, 1.807) is 0 Å². The third-order valence-electron chi connectivity index (χ3n) is 4.29. The zero-order chi connectivity index (χ0) is 11.6. The van der Waals surface area contributed by atoms with Crippen molar-refractivity contribution in [3.63, 3.8) is 0 Å². The first-order chi connectivity index (χ1) is 7.49. The summed E-state index contributed by atoms with van der Waals surface area (Å²) in [6, 6.07) is 0. The van der Waals surface area contributed by atoms with E-state index < -0.39 is 0 Å². The van der Waals surface area contributed by atoms with Gasteiger partial charge in [0.2, 0.25) is 0 Å². The Morgan fingerprint density at radius 3 is 2.19 bits per heavy atom. The molecule has 2 heteroatoms. The molecule has 0 amide bonds. The number of nitrogens with two attached hydrogens (primary N) is 1. The minimum absolute atomic E-state index is 0.0710. The van der Waals surface area contributed by atoms with Gasteiger partial charge in [0.1, 0.15) is 0 Å². The molecule has 1 aliphatic heterocycles. The minimum atomic E-state index is 0.0710. The van der Waals surface area contributed by atoms with Crippen molar-refractivity contribution in [2.24, 2.45) is 5.73 Å². The molecule has 0 aromatic rings. The Hall–Kier alpha value is -0.0800. The highest BCUT2D eigenvalue weighted by Gasteiger charge is 2.37. The number of ether oxygens (including phenoxy) is 1. The van der Waals surface area contributed by atoms with Gasteiger partial charge in [0, 0.05) is 5.54 Å². The van der Waals surface area contributed by atoms with E-state index in [-0.39, 0.29) is 11.1 Å². The number of hydrogen-bond acceptors (Lipinski definition) is 2. The lowest BCUT2D eigenvalue weighted by Crippen LogP contribution is -2.42. The highest BCUT2D eigenvalue weighted by Crippen LogP contribution is 2.36. The summed E-state index contributed by atoms with van der Waals surface area (Å²) in [6.07, 6.45) is 11.7. The van der Waals surface area contributed by atoms with Gasteiger partial charge < -0.3 is 10.5 Å². The average Bonchev–Trinajstić information content (AvgIpc) is 2.40. The third-order valence-corrected chi connectivity index (χ3v) is 4.29. The smallest absolute Gasteiger partial charge is 0.0631 e. The van der Waals surface area contributed by atoms with E-state index in [9.17, 15) is 0 Å². The Kier molecular flexibility index (Phi) is 3.60. The summed E-state index contributed by atoms with van der Waals surface area (Å²) in [7, 11) is 0. The van der Waals surface area contributed by atoms with Crippen molar-refractivity contribution >= 4 is 0 Å². The van der Waals surface area contributed by atoms with E-state index in [0.717, 1.165) is 6.42 Å². The van der Waals surface area contributed by atoms with Gasteiger partial charge in [0.25, 0.3) is 0 Å². The van der Waals surface area contributed by atoms with E-state index in [2.05, 4.69) is 13.8 Å². The van der Waals surface area contributed by atoms with Gasteiger partial charge in [-0.25, -0.2) is 0 Å². The molecule has 0 aromatic heterocycles. The van der Waals surface area contributed by atoms with Gasteiger partial charge in [0.15, 0.2) is 0 Å². The molecule has 2 rings (SSSR count). The van der Waals surface area contributed by atoms with Crippen LogP contribution < -0.4 is 5.73 Å². The second kappa shape index (κ2) is 4.66. The van der Waals surface area contributed by atoms with Crippen LogP contribution in [-0.4, -0.2) is 17.2 Å². The van der Waals surface area contributed by atoms with Crippen molar-refractivity contribution < 1.29 is 4.74 Å². The second-order valence-corrected chi connectivity index (χ2v) is 6.52. The average molecular weight is 225 g/mol. The van der Waals surface area contributed by atoms with Crippen LogP contribution in [0.25, 0.3) is 0 Å². The molecule has 0 spiro atoms. The molecule has 16 heavy (non-hydrogen) atoms. The van der Waals surface area contributed by atoms with Crippen LogP contribution in [0.15, 0.2) is 0 Å². The molecule has 0 aromatic carbocycles. The van der Waals surface area contributed by atoms with Crippen LogP contribution in [0.4, 0.5) is 0 Å². The Morgan fingerprint density at radius 2 is 1.69 bits per heavy atom. The molecule has 1 heterocycles. The molecule has 2 nitrogen and oxygen atoms in total. The van der Waals surface area contributed by atoms with Crippen LogP contribution >= 0.6 is 0 Å². The van der Waals surface area contributed by atoms with Gasteiger partial charge in [0.05, 0.1) is 11.7 Å². The Labute approximate surface area is 99.9 Å². The molecule has 0 bridgehead atoms. The van der Waals surface area contributed by atoms with Gasteiger partial charge in [-0.15, -0.1) is 0 Å². The first-order valence-electron chi connectivity index (χ1n) is 6.96. The van der Waals surface area contributed by atoms with Crippen molar-refractivity contribution in [1.82, 2.24) is 0 Å². The maximum Gasteiger partial charge on any atom is 0.0631 e. The molecule has 1 saturated heterocycles. The first kappa shape index (κ1) is 12.4. The van der Waals surface area contributed by atoms with E-state index in [1.165, 1.54) is 51.4 Å². The summed E-state index contributed by atoms with van der Waals surface area (Å²) in [6.45, 7) is 4.40. The molecule has 1 atom stereocenters. The van der Waals surface area contributed by atoms with E-state index >= 15 is 0 Å². The third kappa shape index (κ3) is 3.21. The van der Waals surface area contributed by atoms with E-state index in [4.69, 9.17) is 10.5 Å². The molecule has 1 unspecified atom stereocenters. The predicted octanol–water partition coefficient (Wildman–Crippen LogP) is 3.39. The summed E-state index contributed by atoms with van der Waals surface area (Å²) in [4.78, 5) is 0. The van der Waals surface area contributed by atoms with Crippen molar-refractivity contribution in [2.45, 2.75) is 88.9 Å². The topological polar surface area (TPSA) is 35.2 Å². The fraction of sp³-hybridized carbons (Fsp3) is 1.00. The number of hydrogen-bond donors (Lipinski definition) is 1. The largest absolute Gasteiger partial charge is 0.372 e. The molecular formula is C14H27NO. The van der Waals surface area contributed by atoms with Gasteiger partial charge in [-0.05, 0) is 46.0 Å². The lowest BCUT2D eigenvalue weighted by Gasteiger charge is -2.31. The van der Waals surface area contributed by atoms with Gasteiger partial charge >= 0.3 is 0 Å². The SMILES string of the molecule is CC1(C)CCC(CC2(N)CCCCCC2)O1. The maximum absolute atomic E-state index is 6.55. The van der Waals surface area contributed by atoms with Crippen LogP contribution in [0.2, 0.25) is 0 Å². The summed E-state index contributed by atoms with van der Waals surface area (Å²) in [5, 5.41) is 0. The monoisotopic (exact) mass is 225 g/mol. The van der Waals surface area contributed by atoms with Crippen molar-refractivity contribution in [1.29, 1.82) is 0 Å². The lowest BCUT2D eigenvalue weighted by atomic mass is 9.85. The molecule has 1 saturated carbocycles. The van der Waals surface area contributed by atoms with E-state index in [0.29, 0.717) is 6.10 Å². The van der Waals surface area contributed by atoms with Crippen LogP contribution in [0.3, 0.4) is 0 Å². The zero-order valence-corrected chi connectivity index (χ0v) is 10.9. The summed E-state index contributed by atoms with van der Waals surface area (Å²) in [5.74, 6) is 0. The molecule has 1 aliphatic carbocycles. The van der Waals surface area contributed by atoms with Crippen molar-refractivity contribution in [2.75, 3.05) is 0 Å². The molecule has 94 valence electrons. The van der Waals surface area contributed by atoms with Crippen molar-refractivity contribution in [3.05, 3.63) is 0 Å². The quantitative estimate of drug-likeness (QED) is 0.731. The molecule has 0 radical (unpaired) electrons. The molecule has 2 fully saturated rings. The van der Waals surface area contributed by atoms with Crippen LogP contribution in [0.5, 0.6) is 0 Å². The van der Waals surface area contributed by atoms with Crippen LogP contribution in [-0.2, 0) is 4.74 Å². The second-order valence-electron chi connectivity index (χ2n) is 6.52. The maximum atomic E-state index is 6.55. The van der Waals surface area contributed by atoms with Crippen molar-refractivity contribution in [3.8, 4) is 0 Å². The van der Waals surface area contributed by atoms with Gasteiger partial charge in [-0.1, -0.05) is 25.7 Å². The fourth-order valence-corrected chi connectivity index (χ4v) is 3.31. The predicted molar refractivity (Wildman–Crippen MR) is 67.4 cm³/mol. The summed E-state index contributed by atoms with van der Waals surface area (Å²) < 4.78 is 6.08. The Morgan fingerprint density at radius 1 is 1.06 bits per heavy atom. The highest BCUT2D eigenvalue weighted by molar-refractivity contribution is 4.92. The normalized spacial score (nSPS) is 33.6. The highest BCUT2D eigenvalue weighted by atomic mass is 16.5. The summed E-state index contributed by atoms with van der Waals surface area (Å²) in [5.41, 5.74) is 6.71.